The molecule has 2 aromatic rings. The van der Waals surface area contributed by atoms with Crippen LogP contribution in [0, 0.1) is 5.92 Å². The van der Waals surface area contributed by atoms with Crippen LogP contribution in [0.15, 0.2) is 60.7 Å². The van der Waals surface area contributed by atoms with Gasteiger partial charge in [0.05, 0.1) is 6.10 Å². The lowest BCUT2D eigenvalue weighted by Gasteiger charge is -2.36. The number of hydrogen-bond acceptors (Lipinski definition) is 4. The van der Waals surface area contributed by atoms with Crippen molar-refractivity contribution in [3.8, 4) is 0 Å². The van der Waals surface area contributed by atoms with E-state index in [4.69, 9.17) is 0 Å². The Balaban J connectivity index is 2.25. The summed E-state index contributed by atoms with van der Waals surface area (Å²) in [5.41, 5.74) is 2.43. The molecule has 0 unspecified atom stereocenters. The summed E-state index contributed by atoms with van der Waals surface area (Å²) in [5.74, 6) is 0.420. The van der Waals surface area contributed by atoms with Crippen LogP contribution in [0.3, 0.4) is 0 Å². The molecule has 164 valence electrons. The molecule has 0 spiro atoms. The van der Waals surface area contributed by atoms with E-state index in [1.54, 1.807) is 0 Å². The summed E-state index contributed by atoms with van der Waals surface area (Å²) in [4.78, 5) is 14.9. The van der Waals surface area contributed by atoms with Gasteiger partial charge in [-0.15, -0.1) is 0 Å². The standard InChI is InChI=1S/C26H37NO2S/c1-20(2)16-23(24(28)17-25(29)30-26(3,4)5)27(18-21-12-8-6-9-13-21)19-22-14-10-7-11-15-22/h6-15,20,23-24,28H,16-19H2,1-5H3/t23-,24-/m0/s1. The molecule has 0 aliphatic heterocycles. The molecule has 0 saturated heterocycles. The smallest absolute Gasteiger partial charge is 0.192 e. The van der Waals surface area contributed by atoms with Gasteiger partial charge in [0, 0.05) is 30.3 Å². The van der Waals surface area contributed by atoms with E-state index >= 15 is 0 Å². The largest absolute Gasteiger partial charge is 0.391 e. The van der Waals surface area contributed by atoms with Crippen molar-refractivity contribution in [2.45, 2.75) is 77.4 Å². The van der Waals surface area contributed by atoms with Crippen molar-refractivity contribution in [3.63, 3.8) is 0 Å². The highest BCUT2D eigenvalue weighted by atomic mass is 32.2. The number of rotatable bonds is 10. The summed E-state index contributed by atoms with van der Waals surface area (Å²) >= 11 is 1.32. The van der Waals surface area contributed by atoms with Gasteiger partial charge in [-0.05, 0) is 23.5 Å². The normalized spacial score (nSPS) is 14.1. The third kappa shape index (κ3) is 9.03. The molecule has 30 heavy (non-hydrogen) atoms. The molecule has 0 amide bonds. The Bertz CT molecular complexity index is 714. The highest BCUT2D eigenvalue weighted by molar-refractivity contribution is 8.14. The first kappa shape index (κ1) is 24.6. The van der Waals surface area contributed by atoms with Crippen molar-refractivity contribution in [3.05, 3.63) is 71.8 Å². The van der Waals surface area contributed by atoms with E-state index < -0.39 is 6.10 Å². The maximum absolute atomic E-state index is 12.6. The lowest BCUT2D eigenvalue weighted by Crippen LogP contribution is -2.44. The molecule has 0 heterocycles. The predicted octanol–water partition coefficient (Wildman–Crippen LogP) is 5.91. The molecule has 0 radical (unpaired) electrons. The lowest BCUT2D eigenvalue weighted by molar-refractivity contribution is -0.114. The number of aliphatic hydroxyl groups excluding tert-OH is 1. The Hall–Kier alpha value is -1.62. The van der Waals surface area contributed by atoms with Crippen LogP contribution in [-0.2, 0) is 17.9 Å². The molecular weight excluding hydrogens is 390 g/mol. The van der Waals surface area contributed by atoms with Gasteiger partial charge < -0.3 is 5.11 Å². The minimum atomic E-state index is -0.692. The number of hydrogen-bond donors (Lipinski definition) is 1. The van der Waals surface area contributed by atoms with Crippen molar-refractivity contribution in [1.29, 1.82) is 0 Å². The molecule has 0 saturated carbocycles. The minimum absolute atomic E-state index is 0.0585. The van der Waals surface area contributed by atoms with Crippen LogP contribution in [0.2, 0.25) is 0 Å². The van der Waals surface area contributed by atoms with Gasteiger partial charge in [0.2, 0.25) is 0 Å². The second-order valence-corrected chi connectivity index (χ2v) is 11.3. The average Bonchev–Trinajstić information content (AvgIpc) is 2.65. The fourth-order valence-electron chi connectivity index (χ4n) is 3.65. The molecule has 2 atom stereocenters. The van der Waals surface area contributed by atoms with Crippen molar-refractivity contribution >= 4 is 16.9 Å². The molecule has 1 N–H and O–H groups in total. The molecule has 0 fully saturated rings. The lowest BCUT2D eigenvalue weighted by atomic mass is 9.95. The van der Waals surface area contributed by atoms with Crippen molar-refractivity contribution in [2.75, 3.05) is 0 Å². The fourth-order valence-corrected chi connectivity index (χ4v) is 4.59. The third-order valence-electron chi connectivity index (χ3n) is 4.88. The van der Waals surface area contributed by atoms with Crippen LogP contribution < -0.4 is 0 Å². The topological polar surface area (TPSA) is 40.5 Å². The van der Waals surface area contributed by atoms with Gasteiger partial charge in [-0.1, -0.05) is 107 Å². The number of aliphatic hydroxyl groups is 1. The highest BCUT2D eigenvalue weighted by Gasteiger charge is 2.30. The van der Waals surface area contributed by atoms with Gasteiger partial charge in [-0.3, -0.25) is 9.69 Å². The van der Waals surface area contributed by atoms with E-state index in [1.807, 2.05) is 57.2 Å². The maximum Gasteiger partial charge on any atom is 0.192 e. The zero-order valence-corrected chi connectivity index (χ0v) is 19.9. The monoisotopic (exact) mass is 427 g/mol. The number of carbonyl (C=O) groups excluding carboxylic acids is 1. The van der Waals surface area contributed by atoms with Crippen LogP contribution >= 0.6 is 11.8 Å². The minimum Gasteiger partial charge on any atom is -0.391 e. The summed E-state index contributed by atoms with van der Waals surface area (Å²) in [6.45, 7) is 11.9. The van der Waals surface area contributed by atoms with E-state index in [2.05, 4.69) is 43.0 Å². The van der Waals surface area contributed by atoms with E-state index in [0.717, 1.165) is 19.5 Å². The van der Waals surface area contributed by atoms with E-state index in [0.29, 0.717) is 5.92 Å². The molecule has 0 aliphatic carbocycles. The highest BCUT2D eigenvalue weighted by Crippen LogP contribution is 2.28. The van der Waals surface area contributed by atoms with Gasteiger partial charge in [-0.2, -0.15) is 0 Å². The summed E-state index contributed by atoms with van der Waals surface area (Å²) < 4.78 is -0.141. The average molecular weight is 428 g/mol. The number of thioether (sulfide) groups is 1. The van der Waals surface area contributed by atoms with Crippen molar-refractivity contribution in [2.24, 2.45) is 5.92 Å². The summed E-state index contributed by atoms with van der Waals surface area (Å²) in [6.07, 6.45) is 0.329. The zero-order chi connectivity index (χ0) is 22.1. The molecular formula is C26H37NO2S. The summed E-state index contributed by atoms with van der Waals surface area (Å²) in [7, 11) is 0. The van der Waals surface area contributed by atoms with E-state index in [-0.39, 0.29) is 22.3 Å². The van der Waals surface area contributed by atoms with E-state index in [9.17, 15) is 9.90 Å². The Kier molecular flexibility index (Phi) is 9.60. The van der Waals surface area contributed by atoms with Crippen LogP contribution in [0.25, 0.3) is 0 Å². The number of carbonyl (C=O) groups is 1. The first-order chi connectivity index (χ1) is 14.1. The maximum atomic E-state index is 12.6. The van der Waals surface area contributed by atoms with Gasteiger partial charge in [0.15, 0.2) is 5.12 Å². The van der Waals surface area contributed by atoms with Crippen LogP contribution in [0.1, 0.15) is 58.6 Å². The Morgan fingerprint density at radius 2 is 1.40 bits per heavy atom. The van der Waals surface area contributed by atoms with E-state index in [1.165, 1.54) is 22.9 Å². The second kappa shape index (κ2) is 11.7. The summed E-state index contributed by atoms with van der Waals surface area (Å²) in [5, 5.41) is 11.2. The fraction of sp³-hybridized carbons (Fsp3) is 0.500. The van der Waals surface area contributed by atoms with Gasteiger partial charge in [0.25, 0.3) is 0 Å². The summed E-state index contributed by atoms with van der Waals surface area (Å²) in [6, 6.07) is 20.6. The SMILES string of the molecule is CC(C)C[C@@H]([C@@H](O)CC(=O)SC(C)(C)C)N(Cc1ccccc1)Cc1ccccc1. The molecule has 0 aromatic heterocycles. The van der Waals surface area contributed by atoms with Crippen molar-refractivity contribution in [1.82, 2.24) is 4.90 Å². The van der Waals surface area contributed by atoms with Crippen molar-refractivity contribution < 1.29 is 9.90 Å². The zero-order valence-electron chi connectivity index (χ0n) is 19.0. The number of nitrogens with zero attached hydrogens (tertiary/aromatic N) is 1. The van der Waals surface area contributed by atoms with Crippen LogP contribution in [0.5, 0.6) is 0 Å². The van der Waals surface area contributed by atoms with Crippen LogP contribution in [-0.4, -0.2) is 32.0 Å². The molecule has 2 aromatic carbocycles. The second-order valence-electron chi connectivity index (χ2n) is 9.43. The quantitative estimate of drug-likeness (QED) is 0.511. The molecule has 2 rings (SSSR count). The molecule has 3 nitrogen and oxygen atoms in total. The van der Waals surface area contributed by atoms with Gasteiger partial charge in [0.1, 0.15) is 0 Å². The molecule has 0 bridgehead atoms. The third-order valence-corrected chi connectivity index (χ3v) is 5.89. The van der Waals surface area contributed by atoms with Gasteiger partial charge in [-0.25, -0.2) is 0 Å². The molecule has 0 aliphatic rings. The predicted molar refractivity (Wildman–Crippen MR) is 128 cm³/mol. The first-order valence-corrected chi connectivity index (χ1v) is 11.7. The Labute approximate surface area is 186 Å². The van der Waals surface area contributed by atoms with Crippen LogP contribution in [0.4, 0.5) is 0 Å². The Morgan fingerprint density at radius 1 is 0.933 bits per heavy atom. The number of benzene rings is 2. The Morgan fingerprint density at radius 3 is 1.80 bits per heavy atom. The van der Waals surface area contributed by atoms with Gasteiger partial charge >= 0.3 is 0 Å². The first-order valence-electron chi connectivity index (χ1n) is 10.9. The molecule has 4 heteroatoms.